The van der Waals surface area contributed by atoms with Gasteiger partial charge >= 0.3 is 0 Å². The number of unbranched alkanes of at least 4 members (excludes halogenated alkanes) is 2. The highest BCUT2D eigenvalue weighted by Crippen LogP contribution is 2.33. The van der Waals surface area contributed by atoms with E-state index in [1.807, 2.05) is 0 Å². The minimum atomic E-state index is 0.332. The van der Waals surface area contributed by atoms with Gasteiger partial charge in [0.05, 0.1) is 0 Å². The molecule has 2 atom stereocenters. The van der Waals surface area contributed by atoms with Crippen LogP contribution in [0.2, 0.25) is 0 Å². The summed E-state index contributed by atoms with van der Waals surface area (Å²) in [5.41, 5.74) is 3.17. The SMILES string of the molecule is OCCCCCC1C=C(CCCC(CO)C2=CCCC2)CC1. The van der Waals surface area contributed by atoms with Gasteiger partial charge in [0.15, 0.2) is 0 Å². The third-order valence-corrected chi connectivity index (χ3v) is 5.41. The minimum Gasteiger partial charge on any atom is -0.396 e. The molecule has 0 radical (unpaired) electrons. The van der Waals surface area contributed by atoms with E-state index in [4.69, 9.17) is 5.11 Å². The van der Waals surface area contributed by atoms with Crippen molar-refractivity contribution in [1.82, 2.24) is 0 Å². The fourth-order valence-corrected chi connectivity index (χ4v) is 4.04. The summed E-state index contributed by atoms with van der Waals surface area (Å²) in [6, 6.07) is 0. The Morgan fingerprint density at radius 3 is 2.73 bits per heavy atom. The van der Waals surface area contributed by atoms with E-state index >= 15 is 0 Å². The zero-order chi connectivity index (χ0) is 15.6. The van der Waals surface area contributed by atoms with Crippen molar-refractivity contribution in [3.63, 3.8) is 0 Å². The molecule has 126 valence electrons. The van der Waals surface area contributed by atoms with Crippen LogP contribution in [-0.4, -0.2) is 23.4 Å². The van der Waals surface area contributed by atoms with E-state index in [0.29, 0.717) is 19.1 Å². The third-order valence-electron chi connectivity index (χ3n) is 5.41. The van der Waals surface area contributed by atoms with E-state index < -0.39 is 0 Å². The summed E-state index contributed by atoms with van der Waals surface area (Å²) in [5.74, 6) is 1.22. The maximum Gasteiger partial charge on any atom is 0.0496 e. The van der Waals surface area contributed by atoms with Crippen molar-refractivity contribution in [1.29, 1.82) is 0 Å². The van der Waals surface area contributed by atoms with Gasteiger partial charge in [-0.3, -0.25) is 0 Å². The van der Waals surface area contributed by atoms with Crippen LogP contribution in [0.5, 0.6) is 0 Å². The van der Waals surface area contributed by atoms with Gasteiger partial charge in [0.1, 0.15) is 0 Å². The first-order chi connectivity index (χ1) is 10.8. The predicted octanol–water partition coefficient (Wildman–Crippen LogP) is 4.76. The van der Waals surface area contributed by atoms with Crippen molar-refractivity contribution in [3.8, 4) is 0 Å². The Morgan fingerprint density at radius 2 is 2.00 bits per heavy atom. The van der Waals surface area contributed by atoms with Crippen LogP contribution in [0.3, 0.4) is 0 Å². The number of aliphatic hydroxyl groups excluding tert-OH is 2. The van der Waals surface area contributed by atoms with E-state index in [2.05, 4.69) is 12.2 Å². The quantitative estimate of drug-likeness (QED) is 0.426. The molecule has 0 spiro atoms. The number of rotatable bonds is 11. The molecule has 2 aliphatic carbocycles. The lowest BCUT2D eigenvalue weighted by Gasteiger charge is -2.15. The van der Waals surface area contributed by atoms with Crippen molar-refractivity contribution in [2.24, 2.45) is 11.8 Å². The van der Waals surface area contributed by atoms with Crippen LogP contribution in [0.4, 0.5) is 0 Å². The molecule has 0 saturated heterocycles. The van der Waals surface area contributed by atoms with Crippen LogP contribution < -0.4 is 0 Å². The predicted molar refractivity (Wildman–Crippen MR) is 92.7 cm³/mol. The van der Waals surface area contributed by atoms with Crippen molar-refractivity contribution < 1.29 is 10.2 Å². The Labute approximate surface area is 136 Å². The lowest BCUT2D eigenvalue weighted by atomic mass is 9.92. The van der Waals surface area contributed by atoms with Crippen molar-refractivity contribution in [2.45, 2.75) is 77.0 Å². The van der Waals surface area contributed by atoms with Gasteiger partial charge in [-0.05, 0) is 70.1 Å². The average molecular weight is 306 g/mol. The van der Waals surface area contributed by atoms with Crippen molar-refractivity contribution in [3.05, 3.63) is 23.3 Å². The van der Waals surface area contributed by atoms with Crippen LogP contribution in [0, 0.1) is 11.8 Å². The molecule has 2 N–H and O–H groups in total. The molecular weight excluding hydrogens is 272 g/mol. The first-order valence-corrected chi connectivity index (χ1v) is 9.43. The van der Waals surface area contributed by atoms with Crippen LogP contribution in [-0.2, 0) is 0 Å². The zero-order valence-electron chi connectivity index (χ0n) is 14.1. The third kappa shape index (κ3) is 5.89. The van der Waals surface area contributed by atoms with Crippen molar-refractivity contribution in [2.75, 3.05) is 13.2 Å². The molecule has 0 heterocycles. The molecule has 2 rings (SSSR count). The molecule has 22 heavy (non-hydrogen) atoms. The summed E-state index contributed by atoms with van der Waals surface area (Å²) in [7, 11) is 0. The van der Waals surface area contributed by atoms with Crippen LogP contribution in [0.15, 0.2) is 23.3 Å². The van der Waals surface area contributed by atoms with E-state index in [1.165, 1.54) is 69.8 Å². The monoisotopic (exact) mass is 306 g/mol. The Bertz CT molecular complexity index is 370. The molecule has 0 aromatic carbocycles. The lowest BCUT2D eigenvalue weighted by Crippen LogP contribution is -2.08. The maximum absolute atomic E-state index is 9.59. The van der Waals surface area contributed by atoms with Gasteiger partial charge in [-0.25, -0.2) is 0 Å². The molecule has 0 aliphatic heterocycles. The zero-order valence-corrected chi connectivity index (χ0v) is 14.1. The summed E-state index contributed by atoms with van der Waals surface area (Å²) in [5, 5.41) is 18.4. The van der Waals surface area contributed by atoms with Crippen LogP contribution in [0.1, 0.15) is 77.0 Å². The molecule has 0 amide bonds. The maximum atomic E-state index is 9.59. The minimum absolute atomic E-state index is 0.332. The Morgan fingerprint density at radius 1 is 1.09 bits per heavy atom. The Balaban J connectivity index is 1.62. The molecule has 2 unspecified atom stereocenters. The van der Waals surface area contributed by atoms with Gasteiger partial charge in [-0.2, -0.15) is 0 Å². The molecule has 2 heteroatoms. The Hall–Kier alpha value is -0.600. The topological polar surface area (TPSA) is 40.5 Å². The van der Waals surface area contributed by atoms with E-state index in [1.54, 1.807) is 5.57 Å². The molecule has 0 saturated carbocycles. The summed E-state index contributed by atoms with van der Waals surface area (Å²) in [6.45, 7) is 0.673. The number of hydrogen-bond donors (Lipinski definition) is 2. The number of allylic oxidation sites excluding steroid dienone is 3. The van der Waals surface area contributed by atoms with Crippen LogP contribution in [0.25, 0.3) is 0 Å². The van der Waals surface area contributed by atoms with E-state index in [0.717, 1.165) is 18.8 Å². The summed E-state index contributed by atoms with van der Waals surface area (Å²) < 4.78 is 0. The molecular formula is C20H34O2. The largest absolute Gasteiger partial charge is 0.396 e. The highest BCUT2D eigenvalue weighted by molar-refractivity contribution is 5.13. The molecule has 0 aromatic heterocycles. The highest BCUT2D eigenvalue weighted by atomic mass is 16.3. The summed E-state index contributed by atoms with van der Waals surface area (Å²) >= 11 is 0. The smallest absolute Gasteiger partial charge is 0.0496 e. The second kappa shape index (κ2) is 10.2. The lowest BCUT2D eigenvalue weighted by molar-refractivity contribution is 0.235. The van der Waals surface area contributed by atoms with E-state index in [-0.39, 0.29) is 0 Å². The van der Waals surface area contributed by atoms with Gasteiger partial charge in [0, 0.05) is 19.1 Å². The van der Waals surface area contributed by atoms with Gasteiger partial charge in [0.2, 0.25) is 0 Å². The van der Waals surface area contributed by atoms with Gasteiger partial charge in [-0.15, -0.1) is 0 Å². The average Bonchev–Trinajstić information content (AvgIpc) is 3.20. The molecule has 0 aromatic rings. The fourth-order valence-electron chi connectivity index (χ4n) is 4.04. The highest BCUT2D eigenvalue weighted by Gasteiger charge is 2.18. The first kappa shape index (κ1) is 17.7. The molecule has 0 fully saturated rings. The molecule has 0 bridgehead atoms. The Kier molecular flexibility index (Phi) is 8.25. The first-order valence-electron chi connectivity index (χ1n) is 9.43. The normalized spacial score (nSPS) is 22.7. The molecule has 2 nitrogen and oxygen atoms in total. The number of aliphatic hydroxyl groups is 2. The van der Waals surface area contributed by atoms with Gasteiger partial charge in [0.25, 0.3) is 0 Å². The van der Waals surface area contributed by atoms with E-state index in [9.17, 15) is 5.11 Å². The molecule has 2 aliphatic rings. The van der Waals surface area contributed by atoms with Gasteiger partial charge in [-0.1, -0.05) is 36.1 Å². The van der Waals surface area contributed by atoms with Crippen molar-refractivity contribution >= 4 is 0 Å². The second-order valence-electron chi connectivity index (χ2n) is 7.14. The number of hydrogen-bond acceptors (Lipinski definition) is 2. The summed E-state index contributed by atoms with van der Waals surface area (Å²) in [4.78, 5) is 0. The van der Waals surface area contributed by atoms with Crippen LogP contribution >= 0.6 is 0 Å². The second-order valence-corrected chi connectivity index (χ2v) is 7.14. The fraction of sp³-hybridized carbons (Fsp3) is 0.800. The van der Waals surface area contributed by atoms with Gasteiger partial charge < -0.3 is 10.2 Å². The standard InChI is InChI=1S/C20H34O2/c21-14-5-1-2-7-17-12-13-18(15-17)8-6-11-20(16-22)19-9-3-4-10-19/h9,15,17,20-22H,1-8,10-14,16H2. The summed E-state index contributed by atoms with van der Waals surface area (Å²) in [6.07, 6.45) is 19.5.